The highest BCUT2D eigenvalue weighted by Crippen LogP contribution is 2.33. The van der Waals surface area contributed by atoms with Gasteiger partial charge in [-0.15, -0.1) is 0 Å². The standard InChI is InChI=1S/C10H12F3N3/c1-5-3-7(10(11,12)13)4-6(2)8(5)16-9(14)15/h3-4H,1-2H3,(H4,14,15,16). The van der Waals surface area contributed by atoms with Crippen LogP contribution in [-0.4, -0.2) is 5.96 Å². The molecule has 0 aromatic heterocycles. The zero-order valence-corrected chi connectivity index (χ0v) is 8.87. The van der Waals surface area contributed by atoms with Crippen molar-refractivity contribution in [2.45, 2.75) is 20.0 Å². The van der Waals surface area contributed by atoms with Crippen LogP contribution in [-0.2, 0) is 6.18 Å². The first-order valence-electron chi connectivity index (χ1n) is 4.51. The summed E-state index contributed by atoms with van der Waals surface area (Å²) in [5.41, 5.74) is 5.69. The number of rotatable bonds is 1. The van der Waals surface area contributed by atoms with Crippen molar-refractivity contribution in [2.24, 2.45) is 5.73 Å². The second-order valence-corrected chi connectivity index (χ2v) is 3.52. The Bertz CT molecular complexity index is 401. The highest BCUT2D eigenvalue weighted by atomic mass is 19.4. The van der Waals surface area contributed by atoms with Gasteiger partial charge >= 0.3 is 6.18 Å². The lowest BCUT2D eigenvalue weighted by Crippen LogP contribution is -2.22. The maximum atomic E-state index is 12.5. The number of hydrogen-bond donors (Lipinski definition) is 3. The minimum absolute atomic E-state index is 0.300. The molecule has 1 aromatic carbocycles. The Balaban J connectivity index is 3.23. The fourth-order valence-electron chi connectivity index (χ4n) is 1.46. The van der Waals surface area contributed by atoms with Gasteiger partial charge in [0.05, 0.1) is 5.56 Å². The van der Waals surface area contributed by atoms with Gasteiger partial charge in [0.1, 0.15) is 0 Å². The molecule has 0 aliphatic heterocycles. The molecular formula is C10H12F3N3. The molecule has 16 heavy (non-hydrogen) atoms. The molecule has 0 radical (unpaired) electrons. The molecule has 0 bridgehead atoms. The van der Waals surface area contributed by atoms with Crippen molar-refractivity contribution in [3.63, 3.8) is 0 Å². The van der Waals surface area contributed by atoms with Crippen molar-refractivity contribution in [3.05, 3.63) is 28.8 Å². The van der Waals surface area contributed by atoms with Gasteiger partial charge in [-0.05, 0) is 37.1 Å². The van der Waals surface area contributed by atoms with Gasteiger partial charge in [-0.3, -0.25) is 5.41 Å². The highest BCUT2D eigenvalue weighted by molar-refractivity contribution is 5.91. The summed E-state index contributed by atoms with van der Waals surface area (Å²) >= 11 is 0. The Morgan fingerprint density at radius 2 is 1.69 bits per heavy atom. The normalized spacial score (nSPS) is 11.3. The summed E-state index contributed by atoms with van der Waals surface area (Å²) in [5, 5.41) is 9.56. The van der Waals surface area contributed by atoms with Gasteiger partial charge in [-0.1, -0.05) is 0 Å². The molecule has 0 heterocycles. The van der Waals surface area contributed by atoms with E-state index in [1.807, 2.05) is 0 Å². The van der Waals surface area contributed by atoms with Gasteiger partial charge in [0, 0.05) is 5.69 Å². The van der Waals surface area contributed by atoms with Gasteiger partial charge in [0.25, 0.3) is 0 Å². The number of aryl methyl sites for hydroxylation is 2. The van der Waals surface area contributed by atoms with Gasteiger partial charge in [0.2, 0.25) is 0 Å². The van der Waals surface area contributed by atoms with Crippen LogP contribution in [0.5, 0.6) is 0 Å². The topological polar surface area (TPSA) is 61.9 Å². The van der Waals surface area contributed by atoms with E-state index in [0.717, 1.165) is 12.1 Å². The molecule has 0 saturated heterocycles. The summed E-state index contributed by atoms with van der Waals surface area (Å²) in [6, 6.07) is 2.05. The molecule has 6 heteroatoms. The van der Waals surface area contributed by atoms with E-state index in [1.54, 1.807) is 0 Å². The van der Waals surface area contributed by atoms with Crippen LogP contribution in [0.3, 0.4) is 0 Å². The average Bonchev–Trinajstić information content (AvgIpc) is 2.09. The fourth-order valence-corrected chi connectivity index (χ4v) is 1.46. The first kappa shape index (κ1) is 12.4. The van der Waals surface area contributed by atoms with Crippen molar-refractivity contribution < 1.29 is 13.2 Å². The van der Waals surface area contributed by atoms with Crippen molar-refractivity contribution in [2.75, 3.05) is 5.32 Å². The van der Waals surface area contributed by atoms with E-state index in [1.165, 1.54) is 13.8 Å². The number of nitrogens with two attached hydrogens (primary N) is 1. The highest BCUT2D eigenvalue weighted by Gasteiger charge is 2.31. The van der Waals surface area contributed by atoms with Crippen LogP contribution in [0.15, 0.2) is 12.1 Å². The predicted octanol–water partition coefficient (Wildman–Crippen LogP) is 2.63. The zero-order chi connectivity index (χ0) is 12.5. The van der Waals surface area contributed by atoms with Crippen LogP contribution in [0.25, 0.3) is 0 Å². The van der Waals surface area contributed by atoms with E-state index < -0.39 is 11.7 Å². The molecule has 0 amide bonds. The van der Waals surface area contributed by atoms with E-state index in [0.29, 0.717) is 16.8 Å². The lowest BCUT2D eigenvalue weighted by atomic mass is 10.0. The van der Waals surface area contributed by atoms with Gasteiger partial charge in [0.15, 0.2) is 5.96 Å². The van der Waals surface area contributed by atoms with Gasteiger partial charge in [-0.2, -0.15) is 13.2 Å². The Morgan fingerprint density at radius 3 is 2.00 bits per heavy atom. The molecule has 3 nitrogen and oxygen atoms in total. The van der Waals surface area contributed by atoms with Gasteiger partial charge in [-0.25, -0.2) is 0 Å². The molecule has 0 atom stereocenters. The molecule has 88 valence electrons. The summed E-state index contributed by atoms with van der Waals surface area (Å²) in [7, 11) is 0. The summed E-state index contributed by atoms with van der Waals surface area (Å²) in [6.07, 6.45) is -4.36. The maximum absolute atomic E-state index is 12.5. The van der Waals surface area contributed by atoms with E-state index in [4.69, 9.17) is 11.1 Å². The molecular weight excluding hydrogens is 219 g/mol. The van der Waals surface area contributed by atoms with Crippen LogP contribution in [0.2, 0.25) is 0 Å². The minimum atomic E-state index is -4.36. The first-order chi connectivity index (χ1) is 7.21. The minimum Gasteiger partial charge on any atom is -0.370 e. The molecule has 0 spiro atoms. The Morgan fingerprint density at radius 1 is 1.25 bits per heavy atom. The third-order valence-electron chi connectivity index (χ3n) is 2.12. The van der Waals surface area contributed by atoms with Crippen LogP contribution in [0.4, 0.5) is 18.9 Å². The number of benzene rings is 1. The van der Waals surface area contributed by atoms with Crippen molar-refractivity contribution in [1.82, 2.24) is 0 Å². The Labute approximate surface area is 91.0 Å². The lowest BCUT2D eigenvalue weighted by molar-refractivity contribution is -0.137. The van der Waals surface area contributed by atoms with Crippen LogP contribution >= 0.6 is 0 Å². The molecule has 0 saturated carbocycles. The number of guanidine groups is 1. The van der Waals surface area contributed by atoms with Crippen molar-refractivity contribution >= 4 is 11.6 Å². The fraction of sp³-hybridized carbons (Fsp3) is 0.300. The maximum Gasteiger partial charge on any atom is 0.416 e. The largest absolute Gasteiger partial charge is 0.416 e. The molecule has 1 rings (SSSR count). The number of halogens is 3. The molecule has 0 aliphatic rings. The third kappa shape index (κ3) is 2.65. The predicted molar refractivity (Wildman–Crippen MR) is 56.5 cm³/mol. The summed E-state index contributed by atoms with van der Waals surface area (Å²) in [5.74, 6) is -0.300. The van der Waals surface area contributed by atoms with E-state index in [9.17, 15) is 13.2 Å². The first-order valence-corrected chi connectivity index (χ1v) is 4.51. The SMILES string of the molecule is Cc1cc(C(F)(F)F)cc(C)c1NC(=N)N. The summed E-state index contributed by atoms with van der Waals surface area (Å²) < 4.78 is 37.4. The van der Waals surface area contributed by atoms with E-state index in [-0.39, 0.29) is 5.96 Å². The third-order valence-corrected chi connectivity index (χ3v) is 2.12. The van der Waals surface area contributed by atoms with Crippen LogP contribution in [0, 0.1) is 19.3 Å². The number of anilines is 1. The van der Waals surface area contributed by atoms with E-state index in [2.05, 4.69) is 5.32 Å². The Hall–Kier alpha value is -1.72. The van der Waals surface area contributed by atoms with Crippen molar-refractivity contribution in [1.29, 1.82) is 5.41 Å². The zero-order valence-electron chi connectivity index (χ0n) is 8.87. The second-order valence-electron chi connectivity index (χ2n) is 3.52. The number of hydrogen-bond acceptors (Lipinski definition) is 1. The smallest absolute Gasteiger partial charge is 0.370 e. The monoisotopic (exact) mass is 231 g/mol. The van der Waals surface area contributed by atoms with Crippen LogP contribution in [0.1, 0.15) is 16.7 Å². The van der Waals surface area contributed by atoms with Gasteiger partial charge < -0.3 is 11.1 Å². The summed E-state index contributed by atoms with van der Waals surface area (Å²) in [4.78, 5) is 0. The molecule has 0 fully saturated rings. The molecule has 0 unspecified atom stereocenters. The Kier molecular flexibility index (Phi) is 3.11. The molecule has 0 aliphatic carbocycles. The van der Waals surface area contributed by atoms with Crippen LogP contribution < -0.4 is 11.1 Å². The quantitative estimate of drug-likeness (QED) is 0.514. The second kappa shape index (κ2) is 4.03. The number of alkyl halides is 3. The average molecular weight is 231 g/mol. The van der Waals surface area contributed by atoms with Crippen molar-refractivity contribution in [3.8, 4) is 0 Å². The molecule has 4 N–H and O–H groups in total. The lowest BCUT2D eigenvalue weighted by Gasteiger charge is -2.15. The molecule has 1 aromatic rings. The summed E-state index contributed by atoms with van der Waals surface area (Å²) in [6.45, 7) is 3.07. The number of nitrogens with one attached hydrogen (secondary N) is 2. The van der Waals surface area contributed by atoms with E-state index >= 15 is 0 Å².